The van der Waals surface area contributed by atoms with Crippen LogP contribution in [0.4, 0.5) is 0 Å². The summed E-state index contributed by atoms with van der Waals surface area (Å²) in [5.74, 6) is 0.442. The molecule has 0 aliphatic rings. The van der Waals surface area contributed by atoms with E-state index < -0.39 is 10.0 Å². The van der Waals surface area contributed by atoms with Gasteiger partial charge in [0.1, 0.15) is 0 Å². The number of halogens is 2. The topological polar surface area (TPSA) is 46.2 Å². The van der Waals surface area contributed by atoms with E-state index in [4.69, 9.17) is 0 Å². The van der Waals surface area contributed by atoms with Crippen LogP contribution in [-0.2, 0) is 10.0 Å². The molecule has 102 valence electrons. The number of nitrogens with one attached hydrogen (secondary N) is 1. The Morgan fingerprint density at radius 1 is 1.33 bits per heavy atom. The van der Waals surface area contributed by atoms with Crippen molar-refractivity contribution in [2.24, 2.45) is 5.92 Å². The zero-order valence-electron chi connectivity index (χ0n) is 10.4. The molecule has 0 aliphatic carbocycles. The molecule has 0 radical (unpaired) electrons. The Bertz CT molecular complexity index is 489. The van der Waals surface area contributed by atoms with E-state index in [9.17, 15) is 8.42 Å². The molecule has 0 bridgehead atoms. The first-order valence-electron chi connectivity index (χ1n) is 5.69. The van der Waals surface area contributed by atoms with Crippen LogP contribution in [0.2, 0.25) is 0 Å². The van der Waals surface area contributed by atoms with Crippen LogP contribution in [0.5, 0.6) is 0 Å². The van der Waals surface area contributed by atoms with Crippen molar-refractivity contribution in [1.82, 2.24) is 4.72 Å². The molecule has 1 unspecified atom stereocenters. The molecule has 18 heavy (non-hydrogen) atoms. The molecule has 1 rings (SSSR count). The Hall–Kier alpha value is 0.0900. The smallest absolute Gasteiger partial charge is 0.207 e. The van der Waals surface area contributed by atoms with E-state index in [0.717, 1.165) is 10.9 Å². The van der Waals surface area contributed by atoms with Gasteiger partial charge in [-0.05, 0) is 30.5 Å². The van der Waals surface area contributed by atoms with Crippen LogP contribution >= 0.6 is 31.9 Å². The second-order valence-corrected chi connectivity index (χ2v) is 7.84. The predicted octanol–water partition coefficient (Wildman–Crippen LogP) is 3.54. The molecular formula is C12H17Br2NO2S. The third kappa shape index (κ3) is 4.99. The molecule has 0 spiro atoms. The highest BCUT2D eigenvalue weighted by molar-refractivity contribution is 9.10. The van der Waals surface area contributed by atoms with Crippen LogP contribution < -0.4 is 4.72 Å². The Labute approximate surface area is 126 Å². The molecular weight excluding hydrogens is 382 g/mol. The minimum absolute atomic E-state index is 0.0889. The van der Waals surface area contributed by atoms with Gasteiger partial charge in [-0.3, -0.25) is 0 Å². The lowest BCUT2D eigenvalue weighted by Gasteiger charge is -2.18. The minimum atomic E-state index is -3.45. The first kappa shape index (κ1) is 16.1. The van der Waals surface area contributed by atoms with Crippen molar-refractivity contribution in [1.29, 1.82) is 0 Å². The van der Waals surface area contributed by atoms with Gasteiger partial charge >= 0.3 is 0 Å². The van der Waals surface area contributed by atoms with E-state index in [2.05, 4.69) is 50.4 Å². The average Bonchev–Trinajstić information content (AvgIpc) is 2.27. The first-order chi connectivity index (χ1) is 8.35. The van der Waals surface area contributed by atoms with Crippen LogP contribution in [0.25, 0.3) is 0 Å². The maximum Gasteiger partial charge on any atom is 0.240 e. The van der Waals surface area contributed by atoms with Gasteiger partial charge in [0.25, 0.3) is 0 Å². The van der Waals surface area contributed by atoms with E-state index >= 15 is 0 Å². The van der Waals surface area contributed by atoms with Gasteiger partial charge in [0.05, 0.1) is 4.90 Å². The second-order valence-electron chi connectivity index (χ2n) is 4.56. The van der Waals surface area contributed by atoms with E-state index in [0.29, 0.717) is 11.2 Å². The SMILES string of the molecule is CC(C)CC(CBr)NS(=O)(=O)c1cccc(Br)c1. The van der Waals surface area contributed by atoms with E-state index in [1.54, 1.807) is 24.3 Å². The monoisotopic (exact) mass is 397 g/mol. The summed E-state index contributed by atoms with van der Waals surface area (Å²) in [5, 5.41) is 0.610. The van der Waals surface area contributed by atoms with Crippen molar-refractivity contribution >= 4 is 41.9 Å². The van der Waals surface area contributed by atoms with Crippen molar-refractivity contribution in [3.05, 3.63) is 28.7 Å². The fourth-order valence-electron chi connectivity index (χ4n) is 1.63. The number of rotatable bonds is 6. The zero-order valence-corrected chi connectivity index (χ0v) is 14.3. The lowest BCUT2D eigenvalue weighted by molar-refractivity contribution is 0.488. The lowest BCUT2D eigenvalue weighted by atomic mass is 10.1. The van der Waals surface area contributed by atoms with Gasteiger partial charge in [-0.15, -0.1) is 0 Å². The molecule has 0 heterocycles. The molecule has 1 atom stereocenters. The molecule has 6 heteroatoms. The Balaban J connectivity index is 2.87. The fraction of sp³-hybridized carbons (Fsp3) is 0.500. The molecule has 0 saturated carbocycles. The van der Waals surface area contributed by atoms with Gasteiger partial charge in [-0.1, -0.05) is 51.8 Å². The lowest BCUT2D eigenvalue weighted by Crippen LogP contribution is -2.37. The van der Waals surface area contributed by atoms with E-state index in [1.165, 1.54) is 0 Å². The largest absolute Gasteiger partial charge is 0.240 e. The molecule has 0 amide bonds. The van der Waals surface area contributed by atoms with Gasteiger partial charge in [0, 0.05) is 15.8 Å². The summed E-state index contributed by atoms with van der Waals surface area (Å²) in [7, 11) is -3.45. The van der Waals surface area contributed by atoms with Gasteiger partial charge in [-0.25, -0.2) is 13.1 Å². The third-order valence-electron chi connectivity index (χ3n) is 2.37. The summed E-state index contributed by atoms with van der Waals surface area (Å²) in [6.07, 6.45) is 0.804. The summed E-state index contributed by atoms with van der Waals surface area (Å²) < 4.78 is 27.8. The molecule has 0 fully saturated rings. The summed E-state index contributed by atoms with van der Waals surface area (Å²) >= 11 is 6.62. The standard InChI is InChI=1S/C12H17Br2NO2S/c1-9(2)6-11(8-13)15-18(16,17)12-5-3-4-10(14)7-12/h3-5,7,9,11,15H,6,8H2,1-2H3. The number of hydrogen-bond acceptors (Lipinski definition) is 2. The Morgan fingerprint density at radius 2 is 2.00 bits per heavy atom. The number of sulfonamides is 1. The molecule has 1 aromatic carbocycles. The second kappa shape index (κ2) is 7.03. The van der Waals surface area contributed by atoms with E-state index in [1.807, 2.05) is 0 Å². The molecule has 0 saturated heterocycles. The predicted molar refractivity (Wildman–Crippen MR) is 81.5 cm³/mol. The Morgan fingerprint density at radius 3 is 2.50 bits per heavy atom. The third-order valence-corrected chi connectivity index (χ3v) is 5.16. The van der Waals surface area contributed by atoms with Crippen LogP contribution in [0.3, 0.4) is 0 Å². The molecule has 0 aliphatic heterocycles. The van der Waals surface area contributed by atoms with Crippen molar-refractivity contribution in [3.63, 3.8) is 0 Å². The van der Waals surface area contributed by atoms with Gasteiger partial charge in [-0.2, -0.15) is 0 Å². The van der Waals surface area contributed by atoms with Crippen molar-refractivity contribution in [2.75, 3.05) is 5.33 Å². The molecule has 0 aromatic heterocycles. The number of alkyl halides is 1. The van der Waals surface area contributed by atoms with E-state index in [-0.39, 0.29) is 10.9 Å². The number of benzene rings is 1. The van der Waals surface area contributed by atoms with Crippen LogP contribution in [0.1, 0.15) is 20.3 Å². The highest BCUT2D eigenvalue weighted by Crippen LogP contribution is 2.17. The average molecular weight is 399 g/mol. The maximum atomic E-state index is 12.2. The molecule has 1 N–H and O–H groups in total. The highest BCUT2D eigenvalue weighted by Gasteiger charge is 2.20. The fourth-order valence-corrected chi connectivity index (χ4v) is 4.12. The van der Waals surface area contributed by atoms with Crippen molar-refractivity contribution < 1.29 is 8.42 Å². The van der Waals surface area contributed by atoms with Crippen LogP contribution in [0, 0.1) is 5.92 Å². The summed E-state index contributed by atoms with van der Waals surface area (Å²) in [5.41, 5.74) is 0. The van der Waals surface area contributed by atoms with Crippen LogP contribution in [0.15, 0.2) is 33.6 Å². The zero-order chi connectivity index (χ0) is 13.8. The first-order valence-corrected chi connectivity index (χ1v) is 9.08. The minimum Gasteiger partial charge on any atom is -0.207 e. The highest BCUT2D eigenvalue weighted by atomic mass is 79.9. The van der Waals surface area contributed by atoms with Gasteiger partial charge in [0.15, 0.2) is 0 Å². The van der Waals surface area contributed by atoms with Gasteiger partial charge in [0.2, 0.25) is 10.0 Å². The summed E-state index contributed by atoms with van der Waals surface area (Å²) in [6.45, 7) is 4.14. The Kier molecular flexibility index (Phi) is 6.30. The van der Waals surface area contributed by atoms with Crippen molar-refractivity contribution in [2.45, 2.75) is 31.2 Å². The normalized spacial score (nSPS) is 13.8. The number of hydrogen-bond donors (Lipinski definition) is 1. The molecule has 1 aromatic rings. The maximum absolute atomic E-state index is 12.2. The summed E-state index contributed by atoms with van der Waals surface area (Å²) in [4.78, 5) is 0.284. The quantitative estimate of drug-likeness (QED) is 0.745. The molecule has 3 nitrogen and oxygen atoms in total. The van der Waals surface area contributed by atoms with Crippen LogP contribution in [-0.4, -0.2) is 19.8 Å². The summed E-state index contributed by atoms with van der Waals surface area (Å²) in [6, 6.07) is 6.62. The van der Waals surface area contributed by atoms with Gasteiger partial charge < -0.3 is 0 Å². The van der Waals surface area contributed by atoms with Crippen molar-refractivity contribution in [3.8, 4) is 0 Å².